The van der Waals surface area contributed by atoms with Crippen molar-refractivity contribution in [1.82, 2.24) is 4.98 Å². The van der Waals surface area contributed by atoms with E-state index in [2.05, 4.69) is 9.72 Å². The van der Waals surface area contributed by atoms with Crippen LogP contribution in [0.25, 0.3) is 0 Å². The molecule has 0 amide bonds. The first kappa shape index (κ1) is 14.6. The summed E-state index contributed by atoms with van der Waals surface area (Å²) in [5.41, 5.74) is -0.676. The van der Waals surface area contributed by atoms with Gasteiger partial charge in [0, 0.05) is 4.98 Å². The van der Waals surface area contributed by atoms with Crippen LogP contribution in [-0.2, 0) is 11.2 Å². The van der Waals surface area contributed by atoms with Crippen LogP contribution in [0.1, 0.15) is 5.56 Å². The number of hydrogen-bond acceptors (Lipinski definition) is 5. The first-order chi connectivity index (χ1) is 8.60. The van der Waals surface area contributed by atoms with Crippen LogP contribution < -0.4 is 4.74 Å². The first-order valence-corrected chi connectivity index (χ1v) is 4.41. The Kier molecular flexibility index (Phi) is 3.87. The summed E-state index contributed by atoms with van der Waals surface area (Å²) in [6.45, 7) is 0. The minimum absolute atomic E-state index is 0.264. The van der Waals surface area contributed by atoms with Gasteiger partial charge in [-0.05, 0) is 11.0 Å². The third-order valence-electron chi connectivity index (χ3n) is 1.73. The molecule has 0 atom stereocenters. The lowest BCUT2D eigenvalue weighted by Crippen LogP contribution is -2.19. The molecule has 0 radical (unpaired) electrons. The van der Waals surface area contributed by atoms with Crippen molar-refractivity contribution in [2.45, 2.75) is 12.8 Å². The lowest BCUT2D eigenvalue weighted by atomic mass is 10.2. The van der Waals surface area contributed by atoms with Gasteiger partial charge in [-0.1, -0.05) is 0 Å². The molecule has 1 heterocycles. The molecule has 0 aliphatic heterocycles. The quantitative estimate of drug-likeness (QED) is 0.512. The second-order valence-electron chi connectivity index (χ2n) is 3.13. The molecule has 0 saturated heterocycles. The predicted molar refractivity (Wildman–Crippen MR) is 48.9 cm³/mol. The van der Waals surface area contributed by atoms with E-state index in [4.69, 9.17) is 5.11 Å². The van der Waals surface area contributed by atoms with E-state index in [-0.39, 0.29) is 6.07 Å². The molecule has 1 aromatic heterocycles. The van der Waals surface area contributed by atoms with Crippen molar-refractivity contribution < 1.29 is 37.1 Å². The monoisotopic (exact) mass is 284 g/mol. The number of pyridine rings is 1. The van der Waals surface area contributed by atoms with Crippen LogP contribution in [0.5, 0.6) is 5.88 Å². The van der Waals surface area contributed by atoms with E-state index in [0.29, 0.717) is 0 Å². The van der Waals surface area contributed by atoms with Crippen molar-refractivity contribution in [3.63, 3.8) is 0 Å². The van der Waals surface area contributed by atoms with Gasteiger partial charge in [-0.2, -0.15) is 4.39 Å². The number of aliphatic carboxylic acids is 1. The number of ether oxygens (including phenoxy) is 1. The highest BCUT2D eigenvalue weighted by atomic mass is 19.4. The highest BCUT2D eigenvalue weighted by Gasteiger charge is 2.37. The van der Waals surface area contributed by atoms with Gasteiger partial charge in [0.2, 0.25) is 5.82 Å². The number of nitrogens with zero attached hydrogens (tertiary/aromatic N) is 2. The summed E-state index contributed by atoms with van der Waals surface area (Å²) < 4.78 is 51.9. The Morgan fingerprint density at radius 1 is 1.53 bits per heavy atom. The number of halogens is 4. The molecule has 1 aromatic rings. The smallest absolute Gasteiger partial charge is 0.481 e. The molecular weight excluding hydrogens is 280 g/mol. The number of carbonyl (C=O) groups is 1. The number of nitro groups is 1. The van der Waals surface area contributed by atoms with Crippen molar-refractivity contribution in [2.24, 2.45) is 0 Å². The molecule has 19 heavy (non-hydrogen) atoms. The normalized spacial score (nSPS) is 11.2. The standard InChI is InChI=1S/C8H4F4N2O5/c9-4-1-3(2-5(15)16)6(14(17)18)13-7(4)19-8(10,11)12/h1H,2H2,(H,15,16). The SMILES string of the molecule is O=C(O)Cc1cc(F)c(OC(F)(F)F)nc1[N+](=O)[O-]. The fourth-order valence-corrected chi connectivity index (χ4v) is 1.13. The zero-order chi connectivity index (χ0) is 14.8. The molecule has 0 spiro atoms. The molecule has 0 aliphatic carbocycles. The molecular formula is C8H4F4N2O5. The van der Waals surface area contributed by atoms with E-state index in [1.165, 1.54) is 0 Å². The van der Waals surface area contributed by atoms with Gasteiger partial charge in [0.1, 0.15) is 0 Å². The number of carboxylic acids is 1. The average Bonchev–Trinajstić information content (AvgIpc) is 2.18. The molecule has 0 bridgehead atoms. The maximum atomic E-state index is 13.2. The van der Waals surface area contributed by atoms with Crippen molar-refractivity contribution in [1.29, 1.82) is 0 Å². The molecule has 0 aromatic carbocycles. The second-order valence-corrected chi connectivity index (χ2v) is 3.13. The Hall–Kier alpha value is -2.46. The summed E-state index contributed by atoms with van der Waals surface area (Å²) in [5, 5.41) is 19.0. The van der Waals surface area contributed by atoms with E-state index in [1.807, 2.05) is 0 Å². The Bertz CT molecular complexity index is 531. The zero-order valence-electron chi connectivity index (χ0n) is 8.77. The fourth-order valence-electron chi connectivity index (χ4n) is 1.13. The highest BCUT2D eigenvalue weighted by Crippen LogP contribution is 2.28. The van der Waals surface area contributed by atoms with Gasteiger partial charge in [0.05, 0.1) is 12.0 Å². The van der Waals surface area contributed by atoms with Crippen LogP contribution in [0, 0.1) is 15.9 Å². The van der Waals surface area contributed by atoms with Crippen molar-refractivity contribution in [3.05, 3.63) is 27.6 Å². The van der Waals surface area contributed by atoms with Crippen LogP contribution in [0.15, 0.2) is 6.07 Å². The number of carboxylic acid groups (broad SMARTS) is 1. The Labute approximate surface area is 101 Å². The summed E-state index contributed by atoms with van der Waals surface area (Å²) >= 11 is 0. The van der Waals surface area contributed by atoms with Crippen LogP contribution >= 0.6 is 0 Å². The lowest BCUT2D eigenvalue weighted by molar-refractivity contribution is -0.390. The van der Waals surface area contributed by atoms with Crippen molar-refractivity contribution >= 4 is 11.8 Å². The van der Waals surface area contributed by atoms with Gasteiger partial charge < -0.3 is 20.0 Å². The molecule has 7 nitrogen and oxygen atoms in total. The Balaban J connectivity index is 3.28. The minimum Gasteiger partial charge on any atom is -0.481 e. The maximum absolute atomic E-state index is 13.2. The largest absolute Gasteiger partial charge is 0.575 e. The molecule has 104 valence electrons. The Morgan fingerprint density at radius 3 is 2.53 bits per heavy atom. The molecule has 1 rings (SSSR count). The summed E-state index contributed by atoms with van der Waals surface area (Å²) in [4.78, 5) is 22.4. The second kappa shape index (κ2) is 5.04. The number of alkyl halides is 3. The maximum Gasteiger partial charge on any atom is 0.575 e. The number of rotatable bonds is 4. The Morgan fingerprint density at radius 2 is 2.11 bits per heavy atom. The zero-order valence-corrected chi connectivity index (χ0v) is 8.77. The van der Waals surface area contributed by atoms with Crippen LogP contribution in [0.4, 0.5) is 23.4 Å². The van der Waals surface area contributed by atoms with Gasteiger partial charge in [-0.15, -0.1) is 13.2 Å². The van der Waals surface area contributed by atoms with Crippen LogP contribution in [0.2, 0.25) is 0 Å². The van der Waals surface area contributed by atoms with Crippen LogP contribution in [-0.4, -0.2) is 27.3 Å². The van der Waals surface area contributed by atoms with E-state index in [1.54, 1.807) is 0 Å². The number of aromatic nitrogens is 1. The van der Waals surface area contributed by atoms with Gasteiger partial charge >= 0.3 is 24.0 Å². The molecule has 11 heteroatoms. The number of hydrogen-bond donors (Lipinski definition) is 1. The third-order valence-corrected chi connectivity index (χ3v) is 1.73. The molecule has 0 unspecified atom stereocenters. The first-order valence-electron chi connectivity index (χ1n) is 4.41. The highest BCUT2D eigenvalue weighted by molar-refractivity contribution is 5.71. The summed E-state index contributed by atoms with van der Waals surface area (Å²) in [6.07, 6.45) is -6.25. The van der Waals surface area contributed by atoms with Crippen molar-refractivity contribution in [2.75, 3.05) is 0 Å². The van der Waals surface area contributed by atoms with Gasteiger partial charge in [0.25, 0.3) is 0 Å². The summed E-state index contributed by atoms with van der Waals surface area (Å²) in [5.74, 6) is -6.05. The third kappa shape index (κ3) is 4.04. The topological polar surface area (TPSA) is 103 Å². The van der Waals surface area contributed by atoms with Gasteiger partial charge in [-0.3, -0.25) is 4.79 Å². The predicted octanol–water partition coefficient (Wildman–Crippen LogP) is 1.65. The van der Waals surface area contributed by atoms with Crippen molar-refractivity contribution in [3.8, 4) is 5.88 Å². The summed E-state index contributed by atoms with van der Waals surface area (Å²) in [7, 11) is 0. The fraction of sp³-hybridized carbons (Fsp3) is 0.250. The lowest BCUT2D eigenvalue weighted by Gasteiger charge is -2.07. The molecule has 0 aliphatic rings. The summed E-state index contributed by atoms with van der Waals surface area (Å²) in [6, 6.07) is 0.264. The van der Waals surface area contributed by atoms with Gasteiger partial charge in [0.15, 0.2) is 0 Å². The van der Waals surface area contributed by atoms with E-state index < -0.39 is 46.8 Å². The molecule has 1 N–H and O–H groups in total. The average molecular weight is 284 g/mol. The van der Waals surface area contributed by atoms with Gasteiger partial charge in [-0.25, -0.2) is 0 Å². The van der Waals surface area contributed by atoms with E-state index >= 15 is 0 Å². The molecule has 0 saturated carbocycles. The molecule has 0 fully saturated rings. The van der Waals surface area contributed by atoms with E-state index in [9.17, 15) is 32.5 Å². The van der Waals surface area contributed by atoms with Crippen LogP contribution in [0.3, 0.4) is 0 Å². The van der Waals surface area contributed by atoms with E-state index in [0.717, 1.165) is 0 Å². The minimum atomic E-state index is -5.28.